The van der Waals surface area contributed by atoms with Gasteiger partial charge in [0.25, 0.3) is 0 Å². The highest BCUT2D eigenvalue weighted by Crippen LogP contribution is 2.16. The van der Waals surface area contributed by atoms with Crippen molar-refractivity contribution in [3.8, 4) is 0 Å². The Kier molecular flexibility index (Phi) is 6.13. The molecule has 0 radical (unpaired) electrons. The van der Waals surface area contributed by atoms with Crippen molar-refractivity contribution in [2.75, 3.05) is 0 Å². The molecule has 23 heavy (non-hydrogen) atoms. The molecule has 0 saturated heterocycles. The standard InChI is InChI=1S/C21H20O2/c1-17(21(22)23)20-15-13-19(14-16-20)12-6-3-2-5-9-18-10-7-4-8-11-18/h2-17H,1H3,(H,22,23). The fourth-order valence-electron chi connectivity index (χ4n) is 2.06. The van der Waals surface area contributed by atoms with Gasteiger partial charge in [0, 0.05) is 0 Å². The lowest BCUT2D eigenvalue weighted by Crippen LogP contribution is -2.06. The molecule has 0 aliphatic carbocycles. The fraction of sp³-hybridized carbons (Fsp3) is 0.0952. The molecule has 0 bridgehead atoms. The second-order valence-corrected chi connectivity index (χ2v) is 5.24. The molecule has 0 fully saturated rings. The second kappa shape index (κ2) is 8.54. The minimum Gasteiger partial charge on any atom is -0.481 e. The Morgan fingerprint density at radius 2 is 1.35 bits per heavy atom. The SMILES string of the molecule is CC(C(=O)O)c1ccc(C=CC=CC=Cc2ccccc2)cc1. The van der Waals surface area contributed by atoms with Crippen LogP contribution in [0, 0.1) is 0 Å². The van der Waals surface area contributed by atoms with Gasteiger partial charge >= 0.3 is 5.97 Å². The van der Waals surface area contributed by atoms with Crippen LogP contribution >= 0.6 is 0 Å². The van der Waals surface area contributed by atoms with E-state index in [1.165, 1.54) is 5.56 Å². The topological polar surface area (TPSA) is 37.3 Å². The number of carboxylic acid groups (broad SMARTS) is 1. The summed E-state index contributed by atoms with van der Waals surface area (Å²) in [6.45, 7) is 1.69. The van der Waals surface area contributed by atoms with Crippen molar-refractivity contribution in [2.45, 2.75) is 12.8 Å². The minimum atomic E-state index is -0.804. The molecule has 1 unspecified atom stereocenters. The van der Waals surface area contributed by atoms with Crippen LogP contribution in [0.4, 0.5) is 0 Å². The molecule has 0 heterocycles. The quantitative estimate of drug-likeness (QED) is 0.749. The van der Waals surface area contributed by atoms with E-state index in [0.29, 0.717) is 0 Å². The van der Waals surface area contributed by atoms with Crippen LogP contribution in [-0.2, 0) is 4.79 Å². The van der Waals surface area contributed by atoms with E-state index < -0.39 is 11.9 Å². The minimum absolute atomic E-state index is 0.476. The highest BCUT2D eigenvalue weighted by Gasteiger charge is 2.12. The summed E-state index contributed by atoms with van der Waals surface area (Å²) in [6, 6.07) is 17.7. The fourth-order valence-corrected chi connectivity index (χ4v) is 2.06. The summed E-state index contributed by atoms with van der Waals surface area (Å²) >= 11 is 0. The molecule has 0 aromatic heterocycles. The summed E-state index contributed by atoms with van der Waals surface area (Å²) in [6.07, 6.45) is 11.9. The van der Waals surface area contributed by atoms with Crippen LogP contribution in [-0.4, -0.2) is 11.1 Å². The number of benzene rings is 2. The van der Waals surface area contributed by atoms with Gasteiger partial charge in [0.1, 0.15) is 0 Å². The molecule has 2 nitrogen and oxygen atoms in total. The average Bonchev–Trinajstić information content (AvgIpc) is 2.58. The molecule has 1 atom stereocenters. The van der Waals surface area contributed by atoms with Crippen LogP contribution in [0.3, 0.4) is 0 Å². The van der Waals surface area contributed by atoms with Gasteiger partial charge in [0.15, 0.2) is 0 Å². The summed E-state index contributed by atoms with van der Waals surface area (Å²) in [5.41, 5.74) is 3.03. The summed E-state index contributed by atoms with van der Waals surface area (Å²) < 4.78 is 0. The van der Waals surface area contributed by atoms with E-state index in [1.807, 2.05) is 78.9 Å². The van der Waals surface area contributed by atoms with Crippen LogP contribution < -0.4 is 0 Å². The molecular formula is C21H20O2. The van der Waals surface area contributed by atoms with Gasteiger partial charge in [-0.25, -0.2) is 0 Å². The van der Waals surface area contributed by atoms with Crippen molar-refractivity contribution in [3.05, 3.63) is 95.6 Å². The number of hydrogen-bond donors (Lipinski definition) is 1. The van der Waals surface area contributed by atoms with Crippen LogP contribution in [0.5, 0.6) is 0 Å². The highest BCUT2D eigenvalue weighted by molar-refractivity contribution is 5.75. The first-order valence-corrected chi connectivity index (χ1v) is 7.56. The number of rotatable bonds is 6. The van der Waals surface area contributed by atoms with Crippen LogP contribution in [0.1, 0.15) is 29.5 Å². The summed E-state index contributed by atoms with van der Waals surface area (Å²) in [5, 5.41) is 8.98. The van der Waals surface area contributed by atoms with Crippen molar-refractivity contribution in [2.24, 2.45) is 0 Å². The summed E-state index contributed by atoms with van der Waals surface area (Å²) in [4.78, 5) is 10.9. The van der Waals surface area contributed by atoms with E-state index in [0.717, 1.165) is 11.1 Å². The molecule has 0 amide bonds. The predicted octanol–water partition coefficient (Wildman–Crippen LogP) is 5.16. The summed E-state index contributed by atoms with van der Waals surface area (Å²) in [7, 11) is 0. The Morgan fingerprint density at radius 3 is 1.87 bits per heavy atom. The van der Waals surface area contributed by atoms with Gasteiger partial charge in [-0.05, 0) is 23.6 Å². The maximum Gasteiger partial charge on any atom is 0.310 e. The normalized spacial score (nSPS) is 13.1. The number of carbonyl (C=O) groups is 1. The zero-order valence-corrected chi connectivity index (χ0v) is 13.1. The Balaban J connectivity index is 1.89. The lowest BCUT2D eigenvalue weighted by atomic mass is 10.00. The molecule has 0 spiro atoms. The van der Waals surface area contributed by atoms with E-state index in [2.05, 4.69) is 12.1 Å². The Labute approximate surface area is 137 Å². The molecule has 0 saturated carbocycles. The van der Waals surface area contributed by atoms with E-state index >= 15 is 0 Å². The third-order valence-corrected chi connectivity index (χ3v) is 3.52. The van der Waals surface area contributed by atoms with E-state index in [9.17, 15) is 4.79 Å². The first kappa shape index (κ1) is 16.5. The lowest BCUT2D eigenvalue weighted by molar-refractivity contribution is -0.138. The highest BCUT2D eigenvalue weighted by atomic mass is 16.4. The zero-order chi connectivity index (χ0) is 16.5. The first-order valence-electron chi connectivity index (χ1n) is 7.56. The van der Waals surface area contributed by atoms with Gasteiger partial charge in [-0.3, -0.25) is 4.79 Å². The number of hydrogen-bond acceptors (Lipinski definition) is 1. The van der Waals surface area contributed by atoms with Gasteiger partial charge in [-0.2, -0.15) is 0 Å². The van der Waals surface area contributed by atoms with Crippen LogP contribution in [0.25, 0.3) is 12.2 Å². The third-order valence-electron chi connectivity index (χ3n) is 3.52. The maximum atomic E-state index is 10.9. The average molecular weight is 304 g/mol. The van der Waals surface area contributed by atoms with Gasteiger partial charge in [0.05, 0.1) is 5.92 Å². The van der Waals surface area contributed by atoms with Gasteiger partial charge < -0.3 is 5.11 Å². The molecule has 1 N–H and O–H groups in total. The smallest absolute Gasteiger partial charge is 0.310 e. The second-order valence-electron chi connectivity index (χ2n) is 5.24. The molecule has 2 aromatic carbocycles. The Bertz CT molecular complexity index is 707. The van der Waals surface area contributed by atoms with Crippen LogP contribution in [0.15, 0.2) is 78.9 Å². The van der Waals surface area contributed by atoms with Gasteiger partial charge in [-0.1, -0.05) is 91.1 Å². The molecule has 2 aromatic rings. The largest absolute Gasteiger partial charge is 0.481 e. The molecule has 0 aliphatic rings. The molecule has 0 aliphatic heterocycles. The van der Waals surface area contributed by atoms with E-state index in [4.69, 9.17) is 5.11 Å². The maximum absolute atomic E-state index is 10.9. The Hall–Kier alpha value is -2.87. The lowest BCUT2D eigenvalue weighted by Gasteiger charge is -2.06. The van der Waals surface area contributed by atoms with Gasteiger partial charge in [0.2, 0.25) is 0 Å². The number of carboxylic acids is 1. The van der Waals surface area contributed by atoms with Crippen molar-refractivity contribution in [3.63, 3.8) is 0 Å². The van der Waals surface area contributed by atoms with Crippen LogP contribution in [0.2, 0.25) is 0 Å². The van der Waals surface area contributed by atoms with Crippen molar-refractivity contribution < 1.29 is 9.90 Å². The Morgan fingerprint density at radius 1 is 0.826 bits per heavy atom. The van der Waals surface area contributed by atoms with Crippen molar-refractivity contribution >= 4 is 18.1 Å². The predicted molar refractivity (Wildman–Crippen MR) is 96.1 cm³/mol. The van der Waals surface area contributed by atoms with Crippen molar-refractivity contribution in [1.82, 2.24) is 0 Å². The molecule has 116 valence electrons. The molecule has 2 rings (SSSR count). The monoisotopic (exact) mass is 304 g/mol. The van der Waals surface area contributed by atoms with Gasteiger partial charge in [-0.15, -0.1) is 0 Å². The van der Waals surface area contributed by atoms with Crippen molar-refractivity contribution in [1.29, 1.82) is 0 Å². The molecule has 2 heteroatoms. The molecular weight excluding hydrogens is 284 g/mol. The summed E-state index contributed by atoms with van der Waals surface area (Å²) in [5.74, 6) is -1.28. The number of allylic oxidation sites excluding steroid dienone is 4. The van der Waals surface area contributed by atoms with E-state index in [-0.39, 0.29) is 0 Å². The first-order chi connectivity index (χ1) is 11.2. The zero-order valence-electron chi connectivity index (χ0n) is 13.1. The van der Waals surface area contributed by atoms with E-state index in [1.54, 1.807) is 6.92 Å². The number of aliphatic carboxylic acids is 1. The third kappa shape index (κ3) is 5.44.